The number of halogens is 2. The number of hydrogen-bond donors (Lipinski definition) is 5. The summed E-state index contributed by atoms with van der Waals surface area (Å²) in [4.78, 5) is 0. The predicted octanol–water partition coefficient (Wildman–Crippen LogP) is 1.69. The van der Waals surface area contributed by atoms with Crippen LogP contribution in [0.15, 0.2) is 30.5 Å². The molecule has 0 fully saturated rings. The Morgan fingerprint density at radius 1 is 1.27 bits per heavy atom. The van der Waals surface area contributed by atoms with Crippen molar-refractivity contribution in [3.63, 3.8) is 0 Å². The van der Waals surface area contributed by atoms with Crippen LogP contribution in [0.25, 0.3) is 5.57 Å². The minimum atomic E-state index is -3.35. The van der Waals surface area contributed by atoms with Gasteiger partial charge in [0, 0.05) is 36.7 Å². The molecule has 0 amide bonds. The molecule has 0 aliphatic heterocycles. The third-order valence-corrected chi connectivity index (χ3v) is 2.97. The number of benzene rings is 1. The van der Waals surface area contributed by atoms with Crippen LogP contribution in [0.1, 0.15) is 24.5 Å². The molecule has 0 aliphatic carbocycles. The molecule has 8 heteroatoms. The van der Waals surface area contributed by atoms with E-state index < -0.39 is 19.4 Å². The summed E-state index contributed by atoms with van der Waals surface area (Å²) in [5.41, 5.74) is -1.85. The Labute approximate surface area is 127 Å². The molecule has 1 rings (SSSR count). The molecule has 5 nitrogen and oxygen atoms in total. The van der Waals surface area contributed by atoms with Crippen molar-refractivity contribution < 1.29 is 18.8 Å². The second-order valence-corrected chi connectivity index (χ2v) is 4.71. The average Bonchev–Trinajstić information content (AvgIpc) is 2.48. The molecule has 0 saturated heterocycles. The summed E-state index contributed by atoms with van der Waals surface area (Å²) < 4.78 is 24.8. The van der Waals surface area contributed by atoms with Gasteiger partial charge in [0.05, 0.1) is 0 Å². The molecule has 0 unspecified atom stereocenters. The maximum Gasteiger partial charge on any atom is 0.596 e. The van der Waals surface area contributed by atoms with E-state index in [1.54, 1.807) is 18.3 Å². The zero-order valence-corrected chi connectivity index (χ0v) is 12.1. The van der Waals surface area contributed by atoms with Crippen molar-refractivity contribution in [1.82, 2.24) is 5.32 Å². The third kappa shape index (κ3) is 4.75. The highest BCUT2D eigenvalue weighted by molar-refractivity contribution is 6.46. The first-order chi connectivity index (χ1) is 10.3. The summed E-state index contributed by atoms with van der Waals surface area (Å²) in [5, 5.41) is 36.3. The van der Waals surface area contributed by atoms with Gasteiger partial charge in [0.25, 0.3) is 0 Å². The van der Waals surface area contributed by atoms with Gasteiger partial charge in [-0.2, -0.15) is 0 Å². The molecule has 0 aromatic heterocycles. The summed E-state index contributed by atoms with van der Waals surface area (Å²) in [6, 6.07) is 6.30. The highest BCUT2D eigenvalue weighted by Gasteiger charge is 2.42. The van der Waals surface area contributed by atoms with E-state index in [4.69, 9.17) is 21.0 Å². The van der Waals surface area contributed by atoms with E-state index in [-0.39, 0.29) is 5.71 Å². The Morgan fingerprint density at radius 2 is 1.82 bits per heavy atom. The van der Waals surface area contributed by atoms with Crippen LogP contribution in [-0.4, -0.2) is 41.6 Å². The first kappa shape index (κ1) is 18.0. The van der Waals surface area contributed by atoms with Gasteiger partial charge in [0.15, 0.2) is 0 Å². The molecule has 0 aliphatic rings. The van der Waals surface area contributed by atoms with Crippen LogP contribution in [0.2, 0.25) is 0 Å². The van der Waals surface area contributed by atoms with Crippen LogP contribution in [0.5, 0.6) is 0 Å². The summed E-state index contributed by atoms with van der Waals surface area (Å²) in [7, 11) is -3.35. The van der Waals surface area contributed by atoms with Crippen LogP contribution < -0.4 is 5.32 Å². The highest BCUT2D eigenvalue weighted by Crippen LogP contribution is 2.18. The van der Waals surface area contributed by atoms with Crippen molar-refractivity contribution in [1.29, 1.82) is 10.8 Å². The van der Waals surface area contributed by atoms with Crippen LogP contribution in [-0.2, 0) is 0 Å². The lowest BCUT2D eigenvalue weighted by Gasteiger charge is -2.18. The van der Waals surface area contributed by atoms with Crippen molar-refractivity contribution in [3.05, 3.63) is 41.6 Å². The van der Waals surface area contributed by atoms with E-state index in [1.165, 1.54) is 18.3 Å². The zero-order chi connectivity index (χ0) is 16.8. The average molecular weight is 309 g/mol. The second-order valence-electron chi connectivity index (χ2n) is 4.71. The number of aliphatic hydroxyl groups is 2. The van der Waals surface area contributed by atoms with Gasteiger partial charge in [-0.1, -0.05) is 24.3 Å². The lowest BCUT2D eigenvalue weighted by atomic mass is 9.79. The quantitative estimate of drug-likeness (QED) is 0.287. The molecular formula is C14H18BF2N3O2. The largest absolute Gasteiger partial charge is 0.596 e. The molecule has 5 N–H and O–H groups in total. The van der Waals surface area contributed by atoms with Gasteiger partial charge in [-0.3, -0.25) is 8.63 Å². The standard InChI is InChI=1S/C14H18BF2N3O2/c1-2-20-9-12(8-18)10-3-5-11(6-4-10)13(19)7-14(21,22)15(16)17/h3-6,8-9,18-22H,2,7H2,1H3/b12-9+,18-8?,19-13?. The Morgan fingerprint density at radius 3 is 2.27 bits per heavy atom. The first-order valence-electron chi connectivity index (χ1n) is 6.67. The van der Waals surface area contributed by atoms with E-state index in [0.29, 0.717) is 17.7 Å². The Hall–Kier alpha value is -2.06. The van der Waals surface area contributed by atoms with Gasteiger partial charge in [0.2, 0.25) is 5.69 Å². The maximum atomic E-state index is 12.4. The van der Waals surface area contributed by atoms with E-state index in [1.807, 2.05) is 6.92 Å². The highest BCUT2D eigenvalue weighted by atomic mass is 19.2. The molecule has 0 bridgehead atoms. The van der Waals surface area contributed by atoms with E-state index in [9.17, 15) is 8.63 Å². The fourth-order valence-electron chi connectivity index (χ4n) is 1.72. The summed E-state index contributed by atoms with van der Waals surface area (Å²) in [6.45, 7) is 2.63. The molecular weight excluding hydrogens is 291 g/mol. The Balaban J connectivity index is 2.88. The molecule has 118 valence electrons. The second kappa shape index (κ2) is 7.81. The lowest BCUT2D eigenvalue weighted by Crippen LogP contribution is -2.42. The smallest absolute Gasteiger partial charge is 0.391 e. The van der Waals surface area contributed by atoms with Gasteiger partial charge in [-0.05, 0) is 18.1 Å². The van der Waals surface area contributed by atoms with Gasteiger partial charge in [-0.15, -0.1) is 0 Å². The lowest BCUT2D eigenvalue weighted by molar-refractivity contribution is -0.0967. The number of hydrogen-bond acceptors (Lipinski definition) is 5. The van der Waals surface area contributed by atoms with Crippen molar-refractivity contribution in [2.45, 2.75) is 19.0 Å². The number of rotatable bonds is 8. The Bertz CT molecular complexity index is 560. The van der Waals surface area contributed by atoms with Gasteiger partial charge in [0.1, 0.15) is 0 Å². The van der Waals surface area contributed by atoms with E-state index in [2.05, 4.69) is 5.32 Å². The van der Waals surface area contributed by atoms with Crippen molar-refractivity contribution in [2.75, 3.05) is 6.54 Å². The van der Waals surface area contributed by atoms with Gasteiger partial charge in [-0.25, -0.2) is 0 Å². The first-order valence-corrected chi connectivity index (χ1v) is 6.67. The zero-order valence-electron chi connectivity index (χ0n) is 12.1. The SMILES string of the molecule is CCN/C=C(\C=N)c1ccc(C(=N)CC(O)(O)B(F)F)cc1. The molecule has 0 atom stereocenters. The minimum absolute atomic E-state index is 0.302. The topological polar surface area (TPSA) is 100 Å². The summed E-state index contributed by atoms with van der Waals surface area (Å²) >= 11 is 0. The number of allylic oxidation sites excluding steroid dienone is 1. The van der Waals surface area contributed by atoms with Crippen molar-refractivity contribution in [3.8, 4) is 0 Å². The molecule has 1 aromatic rings. The fraction of sp³-hybridized carbons (Fsp3) is 0.286. The monoisotopic (exact) mass is 309 g/mol. The third-order valence-electron chi connectivity index (χ3n) is 2.97. The van der Waals surface area contributed by atoms with Crippen LogP contribution in [0.3, 0.4) is 0 Å². The van der Waals surface area contributed by atoms with E-state index in [0.717, 1.165) is 5.56 Å². The maximum absolute atomic E-state index is 12.4. The molecule has 0 heterocycles. The molecule has 0 spiro atoms. The van der Waals surface area contributed by atoms with E-state index >= 15 is 0 Å². The van der Waals surface area contributed by atoms with Crippen molar-refractivity contribution in [2.24, 2.45) is 0 Å². The minimum Gasteiger partial charge on any atom is -0.391 e. The number of nitrogens with one attached hydrogen (secondary N) is 3. The predicted molar refractivity (Wildman–Crippen MR) is 83.5 cm³/mol. The van der Waals surface area contributed by atoms with Crippen LogP contribution in [0, 0.1) is 10.8 Å². The molecule has 1 aromatic carbocycles. The normalized spacial score (nSPS) is 12.0. The summed E-state index contributed by atoms with van der Waals surface area (Å²) in [5.74, 6) is 0. The van der Waals surface area contributed by atoms with Crippen LogP contribution in [0.4, 0.5) is 8.63 Å². The molecule has 0 radical (unpaired) electrons. The van der Waals surface area contributed by atoms with Gasteiger partial charge < -0.3 is 26.3 Å². The molecule has 0 saturated carbocycles. The Kier molecular flexibility index (Phi) is 6.39. The fourth-order valence-corrected chi connectivity index (χ4v) is 1.72. The summed E-state index contributed by atoms with van der Waals surface area (Å²) in [6.07, 6.45) is 1.98. The van der Waals surface area contributed by atoms with Crippen LogP contribution >= 0.6 is 0 Å². The van der Waals surface area contributed by atoms with Gasteiger partial charge >= 0.3 is 7.27 Å². The molecule has 22 heavy (non-hydrogen) atoms. The van der Waals surface area contributed by atoms with Crippen molar-refractivity contribution >= 4 is 24.8 Å².